The number of aromatic nitrogens is 3. The van der Waals surface area contributed by atoms with Crippen LogP contribution in [0.4, 0.5) is 13.2 Å². The first-order chi connectivity index (χ1) is 6.46. The molecule has 0 aliphatic heterocycles. The topological polar surface area (TPSA) is 30.7 Å². The van der Waals surface area contributed by atoms with Crippen molar-refractivity contribution < 1.29 is 13.2 Å². The predicted molar refractivity (Wildman–Crippen MR) is 42.8 cm³/mol. The minimum absolute atomic E-state index is 0.193. The largest absolute Gasteiger partial charge is 0.408 e. The minimum atomic E-state index is -4.22. The van der Waals surface area contributed by atoms with Crippen LogP contribution in [-0.4, -0.2) is 20.9 Å². The maximum absolute atomic E-state index is 12.1. The normalized spacial score (nSPS) is 17.4. The summed E-state index contributed by atoms with van der Waals surface area (Å²) in [5.74, 6) is 1.09. The van der Waals surface area contributed by atoms with E-state index in [4.69, 9.17) is 0 Å². The molecule has 0 spiro atoms. The van der Waals surface area contributed by atoms with E-state index in [1.165, 1.54) is 0 Å². The molecule has 0 unspecified atom stereocenters. The Bertz CT molecular complexity index is 338. The molecular formula is C8H10F3N3. The average molecular weight is 205 g/mol. The van der Waals surface area contributed by atoms with Crippen LogP contribution >= 0.6 is 0 Å². The second kappa shape index (κ2) is 2.96. The summed E-state index contributed by atoms with van der Waals surface area (Å²) in [5, 5.41) is 3.74. The SMILES string of the molecule is Cc1nc(C2CC2)n(CC(F)(F)F)n1. The standard InChI is InChI=1S/C8H10F3N3/c1-5-12-7(6-2-3-6)14(13-5)4-8(9,10)11/h6H,2-4H2,1H3. The van der Waals surface area contributed by atoms with Gasteiger partial charge in [0.2, 0.25) is 0 Å². The van der Waals surface area contributed by atoms with E-state index >= 15 is 0 Å². The number of hydrogen-bond acceptors (Lipinski definition) is 2. The van der Waals surface area contributed by atoms with Crippen molar-refractivity contribution in [1.82, 2.24) is 14.8 Å². The van der Waals surface area contributed by atoms with Crippen molar-refractivity contribution in [3.05, 3.63) is 11.6 Å². The van der Waals surface area contributed by atoms with Crippen molar-refractivity contribution in [1.29, 1.82) is 0 Å². The van der Waals surface area contributed by atoms with Crippen LogP contribution in [0, 0.1) is 6.92 Å². The molecule has 0 saturated heterocycles. The van der Waals surface area contributed by atoms with Gasteiger partial charge in [0, 0.05) is 5.92 Å². The van der Waals surface area contributed by atoms with Gasteiger partial charge in [0.15, 0.2) is 0 Å². The third kappa shape index (κ3) is 2.05. The highest BCUT2D eigenvalue weighted by molar-refractivity contribution is 5.06. The monoisotopic (exact) mass is 205 g/mol. The Hall–Kier alpha value is -1.07. The molecule has 1 saturated carbocycles. The molecule has 1 aliphatic rings. The molecule has 0 radical (unpaired) electrons. The molecule has 0 aromatic carbocycles. The van der Waals surface area contributed by atoms with Crippen molar-refractivity contribution >= 4 is 0 Å². The molecule has 0 bridgehead atoms. The number of aryl methyl sites for hydroxylation is 1. The summed E-state index contributed by atoms with van der Waals surface area (Å²) in [4.78, 5) is 4.01. The van der Waals surface area contributed by atoms with Crippen molar-refractivity contribution in [3.8, 4) is 0 Å². The zero-order chi connectivity index (χ0) is 10.3. The smallest absolute Gasteiger partial charge is 0.240 e. The van der Waals surface area contributed by atoms with Gasteiger partial charge in [-0.2, -0.15) is 18.3 Å². The Labute approximate surface area is 78.9 Å². The van der Waals surface area contributed by atoms with Crippen LogP contribution < -0.4 is 0 Å². The quantitative estimate of drug-likeness (QED) is 0.739. The fraction of sp³-hybridized carbons (Fsp3) is 0.750. The molecule has 0 atom stereocenters. The van der Waals surface area contributed by atoms with Crippen LogP contribution in [0.3, 0.4) is 0 Å². The van der Waals surface area contributed by atoms with Gasteiger partial charge in [-0.15, -0.1) is 0 Å². The molecule has 1 aromatic rings. The van der Waals surface area contributed by atoms with E-state index in [0.717, 1.165) is 17.5 Å². The Morgan fingerprint density at radius 1 is 1.43 bits per heavy atom. The molecule has 14 heavy (non-hydrogen) atoms. The molecule has 3 nitrogen and oxygen atoms in total. The number of alkyl halides is 3. The first kappa shape index (κ1) is 9.48. The third-order valence-electron chi connectivity index (χ3n) is 2.08. The summed E-state index contributed by atoms with van der Waals surface area (Å²) >= 11 is 0. The van der Waals surface area contributed by atoms with E-state index in [-0.39, 0.29) is 5.92 Å². The van der Waals surface area contributed by atoms with E-state index < -0.39 is 12.7 Å². The van der Waals surface area contributed by atoms with Gasteiger partial charge in [-0.1, -0.05) is 0 Å². The second-order valence-corrected chi connectivity index (χ2v) is 3.56. The van der Waals surface area contributed by atoms with Gasteiger partial charge >= 0.3 is 6.18 Å². The molecule has 2 rings (SSSR count). The maximum atomic E-state index is 12.1. The highest BCUT2D eigenvalue weighted by Crippen LogP contribution is 2.39. The summed E-state index contributed by atoms with van der Waals surface area (Å²) < 4.78 is 37.4. The van der Waals surface area contributed by atoms with Crippen LogP contribution in [0.5, 0.6) is 0 Å². The van der Waals surface area contributed by atoms with Crippen LogP contribution in [0.15, 0.2) is 0 Å². The average Bonchev–Trinajstić information content (AvgIpc) is 2.75. The van der Waals surface area contributed by atoms with Crippen molar-refractivity contribution in [3.63, 3.8) is 0 Å². The maximum Gasteiger partial charge on any atom is 0.408 e. The van der Waals surface area contributed by atoms with Gasteiger partial charge in [-0.25, -0.2) is 9.67 Å². The summed E-state index contributed by atoms with van der Waals surface area (Å²) in [6.45, 7) is 0.582. The van der Waals surface area contributed by atoms with Crippen molar-refractivity contribution in [2.45, 2.75) is 38.4 Å². The molecule has 1 aliphatic carbocycles. The summed E-state index contributed by atoms with van der Waals surface area (Å²) in [7, 11) is 0. The van der Waals surface area contributed by atoms with E-state index in [9.17, 15) is 13.2 Å². The summed E-state index contributed by atoms with van der Waals surface area (Å²) in [5.41, 5.74) is 0. The lowest BCUT2D eigenvalue weighted by molar-refractivity contribution is -0.143. The van der Waals surface area contributed by atoms with E-state index in [1.807, 2.05) is 0 Å². The molecule has 1 aromatic heterocycles. The van der Waals surface area contributed by atoms with Crippen LogP contribution in [0.25, 0.3) is 0 Å². The highest BCUT2D eigenvalue weighted by Gasteiger charge is 2.34. The number of hydrogen-bond donors (Lipinski definition) is 0. The molecule has 78 valence electrons. The summed E-state index contributed by atoms with van der Waals surface area (Å²) in [6.07, 6.45) is -2.37. The Balaban J connectivity index is 2.22. The lowest BCUT2D eigenvalue weighted by atomic mass is 10.4. The predicted octanol–water partition coefficient (Wildman–Crippen LogP) is 2.03. The molecule has 1 fully saturated rings. The zero-order valence-corrected chi connectivity index (χ0v) is 7.67. The summed E-state index contributed by atoms with van der Waals surface area (Å²) in [6, 6.07) is 0. The number of nitrogens with zero attached hydrogens (tertiary/aromatic N) is 3. The molecule has 0 amide bonds. The molecule has 6 heteroatoms. The van der Waals surface area contributed by atoms with Crippen LogP contribution in [0.2, 0.25) is 0 Å². The minimum Gasteiger partial charge on any atom is -0.240 e. The fourth-order valence-electron chi connectivity index (χ4n) is 1.40. The van der Waals surface area contributed by atoms with Gasteiger partial charge in [0.05, 0.1) is 0 Å². The fourth-order valence-corrected chi connectivity index (χ4v) is 1.40. The Morgan fingerprint density at radius 3 is 2.57 bits per heavy atom. The lowest BCUT2D eigenvalue weighted by Crippen LogP contribution is -2.20. The van der Waals surface area contributed by atoms with E-state index in [1.54, 1.807) is 6.92 Å². The Morgan fingerprint density at radius 2 is 2.07 bits per heavy atom. The van der Waals surface area contributed by atoms with Crippen molar-refractivity contribution in [2.24, 2.45) is 0 Å². The van der Waals surface area contributed by atoms with Gasteiger partial charge < -0.3 is 0 Å². The van der Waals surface area contributed by atoms with E-state index in [2.05, 4.69) is 10.1 Å². The van der Waals surface area contributed by atoms with Crippen LogP contribution in [-0.2, 0) is 6.54 Å². The second-order valence-electron chi connectivity index (χ2n) is 3.56. The lowest BCUT2D eigenvalue weighted by Gasteiger charge is -2.07. The third-order valence-corrected chi connectivity index (χ3v) is 2.08. The molecule has 1 heterocycles. The number of halogens is 3. The molecular weight excluding hydrogens is 195 g/mol. The van der Waals surface area contributed by atoms with Crippen LogP contribution in [0.1, 0.15) is 30.4 Å². The Kier molecular flexibility index (Phi) is 2.01. The van der Waals surface area contributed by atoms with Gasteiger partial charge in [-0.05, 0) is 19.8 Å². The molecule has 0 N–H and O–H groups in total. The first-order valence-electron chi connectivity index (χ1n) is 4.44. The first-order valence-corrected chi connectivity index (χ1v) is 4.44. The highest BCUT2D eigenvalue weighted by atomic mass is 19.4. The van der Waals surface area contributed by atoms with Gasteiger partial charge in [0.1, 0.15) is 18.2 Å². The van der Waals surface area contributed by atoms with Gasteiger partial charge in [-0.3, -0.25) is 0 Å². The van der Waals surface area contributed by atoms with Crippen molar-refractivity contribution in [2.75, 3.05) is 0 Å². The number of rotatable bonds is 2. The zero-order valence-electron chi connectivity index (χ0n) is 7.67. The van der Waals surface area contributed by atoms with Gasteiger partial charge in [0.25, 0.3) is 0 Å². The van der Waals surface area contributed by atoms with E-state index in [0.29, 0.717) is 11.6 Å².